The van der Waals surface area contributed by atoms with Gasteiger partial charge in [-0.3, -0.25) is 4.79 Å². The zero-order valence-electron chi connectivity index (χ0n) is 10.2. The number of halogens is 3. The van der Waals surface area contributed by atoms with Crippen LogP contribution in [0.4, 0.5) is 5.69 Å². The van der Waals surface area contributed by atoms with Crippen LogP contribution in [0, 0.1) is 0 Å². The van der Waals surface area contributed by atoms with Crippen LogP contribution in [0.3, 0.4) is 0 Å². The van der Waals surface area contributed by atoms with Crippen LogP contribution < -0.4 is 5.32 Å². The second-order valence-electron chi connectivity index (χ2n) is 3.91. The lowest BCUT2D eigenvalue weighted by Crippen LogP contribution is -2.16. The number of pyridine rings is 1. The zero-order valence-corrected chi connectivity index (χ0v) is 15.0. The van der Waals surface area contributed by atoms with Gasteiger partial charge in [-0.05, 0) is 56.1 Å². The number of hydrogen-bond acceptors (Lipinski definition) is 3. The highest BCUT2D eigenvalue weighted by Crippen LogP contribution is 2.31. The van der Waals surface area contributed by atoms with Crippen LogP contribution in [0.5, 0.6) is 0 Å². The van der Waals surface area contributed by atoms with E-state index in [4.69, 9.17) is 0 Å². The monoisotopic (exact) mass is 476 g/mol. The number of aromatic nitrogens is 1. The van der Waals surface area contributed by atoms with Crippen molar-refractivity contribution in [3.05, 3.63) is 55.1 Å². The Kier molecular flexibility index (Phi) is 5.13. The third kappa shape index (κ3) is 3.69. The van der Waals surface area contributed by atoms with Gasteiger partial charge in [0.15, 0.2) is 0 Å². The Morgan fingerprint density at radius 1 is 1.14 bits per heavy atom. The molecule has 0 aliphatic heterocycles. The van der Waals surface area contributed by atoms with Crippen LogP contribution in [0.15, 0.2) is 44.0 Å². The van der Waals surface area contributed by atoms with Gasteiger partial charge in [0.05, 0.1) is 16.8 Å². The average Bonchev–Trinajstić information content (AvgIpc) is 2.41. The largest absolute Gasteiger partial charge is 0.478 e. The highest BCUT2D eigenvalue weighted by molar-refractivity contribution is 9.11. The van der Waals surface area contributed by atoms with E-state index in [-0.39, 0.29) is 11.3 Å². The molecule has 21 heavy (non-hydrogen) atoms. The Hall–Kier alpha value is -1.25. The van der Waals surface area contributed by atoms with Gasteiger partial charge in [-0.25, -0.2) is 9.78 Å². The third-order valence-electron chi connectivity index (χ3n) is 2.53. The SMILES string of the molecule is O=C(Nc1c(Br)cc(Br)cc1C(=O)O)c1cccnc1Br. The van der Waals surface area contributed by atoms with Crippen molar-refractivity contribution in [2.45, 2.75) is 0 Å². The minimum absolute atomic E-state index is 0.0235. The molecule has 0 saturated heterocycles. The summed E-state index contributed by atoms with van der Waals surface area (Å²) in [5.41, 5.74) is 0.472. The zero-order chi connectivity index (χ0) is 15.6. The number of nitrogens with one attached hydrogen (secondary N) is 1. The summed E-state index contributed by atoms with van der Waals surface area (Å²) in [6.07, 6.45) is 1.54. The Morgan fingerprint density at radius 2 is 1.86 bits per heavy atom. The minimum atomic E-state index is -1.14. The van der Waals surface area contributed by atoms with E-state index in [1.807, 2.05) is 0 Å². The van der Waals surface area contributed by atoms with E-state index < -0.39 is 11.9 Å². The maximum atomic E-state index is 12.2. The number of hydrogen-bond donors (Lipinski definition) is 2. The minimum Gasteiger partial charge on any atom is -0.478 e. The molecule has 0 atom stereocenters. The summed E-state index contributed by atoms with van der Waals surface area (Å²) in [5.74, 6) is -1.60. The van der Waals surface area contributed by atoms with Crippen molar-refractivity contribution in [3.8, 4) is 0 Å². The standard InChI is InChI=1S/C13H7Br3N2O3/c14-6-4-8(13(20)21)10(9(15)5-6)18-12(19)7-2-1-3-17-11(7)16/h1-5H,(H,18,19)(H,20,21). The number of carboxylic acids is 1. The molecule has 0 bridgehead atoms. The molecule has 108 valence electrons. The first-order valence-corrected chi connectivity index (χ1v) is 7.92. The number of nitrogens with zero attached hydrogens (tertiary/aromatic N) is 1. The molecule has 5 nitrogen and oxygen atoms in total. The van der Waals surface area contributed by atoms with Gasteiger partial charge in [0.1, 0.15) is 4.60 Å². The average molecular weight is 479 g/mol. The van der Waals surface area contributed by atoms with Crippen molar-refractivity contribution in [2.75, 3.05) is 5.32 Å². The molecular formula is C13H7Br3N2O3. The van der Waals surface area contributed by atoms with Crippen LogP contribution in [-0.2, 0) is 0 Å². The number of rotatable bonds is 3. The number of carbonyl (C=O) groups excluding carboxylic acids is 1. The molecule has 0 fully saturated rings. The van der Waals surface area contributed by atoms with Crippen LogP contribution in [0.2, 0.25) is 0 Å². The van der Waals surface area contributed by atoms with Gasteiger partial charge in [0.25, 0.3) is 5.91 Å². The first-order valence-electron chi connectivity index (χ1n) is 5.54. The molecule has 1 heterocycles. The number of aromatic carboxylic acids is 1. The lowest BCUT2D eigenvalue weighted by molar-refractivity contribution is 0.0698. The van der Waals surface area contributed by atoms with Crippen LogP contribution >= 0.6 is 47.8 Å². The molecule has 0 aliphatic rings. The molecule has 2 N–H and O–H groups in total. The van der Waals surface area contributed by atoms with E-state index in [1.54, 1.807) is 24.4 Å². The molecule has 8 heteroatoms. The molecular weight excluding hydrogens is 472 g/mol. The molecule has 0 aliphatic carbocycles. The quantitative estimate of drug-likeness (QED) is 0.644. The second-order valence-corrected chi connectivity index (χ2v) is 6.43. The fraction of sp³-hybridized carbons (Fsp3) is 0. The highest BCUT2D eigenvalue weighted by atomic mass is 79.9. The maximum absolute atomic E-state index is 12.2. The summed E-state index contributed by atoms with van der Waals surface area (Å²) in [7, 11) is 0. The summed E-state index contributed by atoms with van der Waals surface area (Å²) in [4.78, 5) is 27.5. The molecule has 0 unspecified atom stereocenters. The summed E-state index contributed by atoms with van der Waals surface area (Å²) >= 11 is 9.65. The molecule has 2 rings (SSSR count). The van der Waals surface area contributed by atoms with Gasteiger partial charge in [-0.2, -0.15) is 0 Å². The van der Waals surface area contributed by atoms with Crippen LogP contribution in [-0.4, -0.2) is 22.0 Å². The Labute approximate surface area is 145 Å². The number of carbonyl (C=O) groups is 2. The van der Waals surface area contributed by atoms with Gasteiger partial charge in [-0.1, -0.05) is 15.9 Å². The molecule has 1 aromatic carbocycles. The Morgan fingerprint density at radius 3 is 2.48 bits per heavy atom. The lowest BCUT2D eigenvalue weighted by Gasteiger charge is -2.12. The van der Waals surface area contributed by atoms with Crippen molar-refractivity contribution in [1.29, 1.82) is 0 Å². The summed E-state index contributed by atoms with van der Waals surface area (Å²) in [5, 5.41) is 11.8. The van der Waals surface area contributed by atoms with Crippen molar-refractivity contribution < 1.29 is 14.7 Å². The fourth-order valence-corrected chi connectivity index (χ4v) is 3.36. The van der Waals surface area contributed by atoms with E-state index in [0.29, 0.717) is 19.1 Å². The molecule has 2 aromatic rings. The van der Waals surface area contributed by atoms with Gasteiger partial charge in [0, 0.05) is 15.1 Å². The van der Waals surface area contributed by atoms with Crippen molar-refractivity contribution in [3.63, 3.8) is 0 Å². The molecule has 0 radical (unpaired) electrons. The Bertz CT molecular complexity index is 735. The predicted molar refractivity (Wildman–Crippen MR) is 88.7 cm³/mol. The third-order valence-corrected chi connectivity index (χ3v) is 4.24. The fourth-order valence-electron chi connectivity index (χ4n) is 1.61. The van der Waals surface area contributed by atoms with E-state index >= 15 is 0 Å². The van der Waals surface area contributed by atoms with E-state index in [9.17, 15) is 14.7 Å². The van der Waals surface area contributed by atoms with E-state index in [1.165, 1.54) is 6.07 Å². The van der Waals surface area contributed by atoms with E-state index in [0.717, 1.165) is 0 Å². The van der Waals surface area contributed by atoms with Gasteiger partial charge < -0.3 is 10.4 Å². The first kappa shape index (κ1) is 16.1. The number of amides is 1. The van der Waals surface area contributed by atoms with E-state index in [2.05, 4.69) is 58.1 Å². The normalized spacial score (nSPS) is 10.2. The topological polar surface area (TPSA) is 79.3 Å². The van der Waals surface area contributed by atoms with Crippen molar-refractivity contribution in [1.82, 2.24) is 4.98 Å². The van der Waals surface area contributed by atoms with Gasteiger partial charge in [0.2, 0.25) is 0 Å². The molecule has 0 saturated carbocycles. The Balaban J connectivity index is 2.42. The van der Waals surface area contributed by atoms with Crippen LogP contribution in [0.1, 0.15) is 20.7 Å². The summed E-state index contributed by atoms with van der Waals surface area (Å²) in [6.45, 7) is 0. The van der Waals surface area contributed by atoms with Crippen molar-refractivity contribution in [2.24, 2.45) is 0 Å². The molecule has 0 spiro atoms. The van der Waals surface area contributed by atoms with Gasteiger partial charge >= 0.3 is 5.97 Å². The lowest BCUT2D eigenvalue weighted by atomic mass is 10.1. The van der Waals surface area contributed by atoms with Gasteiger partial charge in [-0.15, -0.1) is 0 Å². The second kappa shape index (κ2) is 6.67. The molecule has 1 amide bonds. The molecule has 1 aromatic heterocycles. The first-order chi connectivity index (χ1) is 9.90. The number of benzene rings is 1. The highest BCUT2D eigenvalue weighted by Gasteiger charge is 2.19. The predicted octanol–water partition coefficient (Wildman–Crippen LogP) is 4.32. The summed E-state index contributed by atoms with van der Waals surface area (Å²) in [6, 6.07) is 6.27. The number of carboxylic acid groups (broad SMARTS) is 1. The van der Waals surface area contributed by atoms with Crippen molar-refractivity contribution >= 4 is 65.4 Å². The maximum Gasteiger partial charge on any atom is 0.337 e. The summed E-state index contributed by atoms with van der Waals surface area (Å²) < 4.78 is 1.43. The number of anilines is 1. The van der Waals surface area contributed by atoms with Crippen LogP contribution in [0.25, 0.3) is 0 Å². The smallest absolute Gasteiger partial charge is 0.337 e.